The normalized spacial score (nSPS) is 13.6. The second-order valence-corrected chi connectivity index (χ2v) is 5.14. The smallest absolute Gasteiger partial charge is 0.119 e. The van der Waals surface area contributed by atoms with E-state index in [1.165, 1.54) is 5.56 Å². The standard InChI is InChI=1S/C18H23NO2/c1-3-18(15-7-5-4-6-8-15)20-13-14(2)21-17-11-9-16(19)10-12-17/h4-12,14,18H,3,13,19H2,1-2H3. The first-order valence-electron chi connectivity index (χ1n) is 7.37. The van der Waals surface area contributed by atoms with Crippen LogP contribution < -0.4 is 10.5 Å². The Morgan fingerprint density at radius 2 is 1.67 bits per heavy atom. The maximum atomic E-state index is 5.99. The van der Waals surface area contributed by atoms with Crippen molar-refractivity contribution < 1.29 is 9.47 Å². The lowest BCUT2D eigenvalue weighted by molar-refractivity contribution is 0.00286. The van der Waals surface area contributed by atoms with Crippen LogP contribution >= 0.6 is 0 Å². The fourth-order valence-electron chi connectivity index (χ4n) is 2.18. The fraction of sp³-hybridized carbons (Fsp3) is 0.333. The van der Waals surface area contributed by atoms with E-state index >= 15 is 0 Å². The van der Waals surface area contributed by atoms with Crippen LogP contribution in [0.3, 0.4) is 0 Å². The summed E-state index contributed by atoms with van der Waals surface area (Å²) in [5.74, 6) is 0.813. The number of nitrogen functional groups attached to an aromatic ring is 1. The van der Waals surface area contributed by atoms with Gasteiger partial charge in [-0.15, -0.1) is 0 Å². The summed E-state index contributed by atoms with van der Waals surface area (Å²) >= 11 is 0. The number of anilines is 1. The van der Waals surface area contributed by atoms with Crippen LogP contribution in [0, 0.1) is 0 Å². The average Bonchev–Trinajstić information content (AvgIpc) is 2.51. The van der Waals surface area contributed by atoms with Gasteiger partial charge in [0.2, 0.25) is 0 Å². The highest BCUT2D eigenvalue weighted by Crippen LogP contribution is 2.21. The number of rotatable bonds is 7. The van der Waals surface area contributed by atoms with Crippen molar-refractivity contribution >= 4 is 5.69 Å². The Morgan fingerprint density at radius 1 is 1.00 bits per heavy atom. The Morgan fingerprint density at radius 3 is 2.29 bits per heavy atom. The molecule has 0 aliphatic heterocycles. The molecule has 0 aliphatic carbocycles. The Hall–Kier alpha value is -2.00. The van der Waals surface area contributed by atoms with E-state index in [0.29, 0.717) is 6.61 Å². The van der Waals surface area contributed by atoms with Crippen molar-refractivity contribution in [2.75, 3.05) is 12.3 Å². The van der Waals surface area contributed by atoms with Crippen LogP contribution in [0.2, 0.25) is 0 Å². The van der Waals surface area contributed by atoms with Crippen LogP contribution in [0.15, 0.2) is 54.6 Å². The van der Waals surface area contributed by atoms with Gasteiger partial charge >= 0.3 is 0 Å². The van der Waals surface area contributed by atoms with Crippen LogP contribution in [-0.4, -0.2) is 12.7 Å². The predicted molar refractivity (Wildman–Crippen MR) is 86.4 cm³/mol. The van der Waals surface area contributed by atoms with Crippen molar-refractivity contribution in [2.45, 2.75) is 32.5 Å². The van der Waals surface area contributed by atoms with Gasteiger partial charge in [0.1, 0.15) is 11.9 Å². The zero-order valence-corrected chi connectivity index (χ0v) is 12.7. The molecule has 112 valence electrons. The molecule has 3 nitrogen and oxygen atoms in total. The highest BCUT2D eigenvalue weighted by Gasteiger charge is 2.12. The molecule has 2 N–H and O–H groups in total. The first-order valence-corrected chi connectivity index (χ1v) is 7.37. The van der Waals surface area contributed by atoms with E-state index in [-0.39, 0.29) is 12.2 Å². The Balaban J connectivity index is 1.85. The van der Waals surface area contributed by atoms with E-state index < -0.39 is 0 Å². The first-order chi connectivity index (χ1) is 10.2. The van der Waals surface area contributed by atoms with Crippen LogP contribution in [0.5, 0.6) is 5.75 Å². The third-order valence-electron chi connectivity index (χ3n) is 3.29. The minimum absolute atomic E-state index is 0.00798. The van der Waals surface area contributed by atoms with Gasteiger partial charge in [0.25, 0.3) is 0 Å². The molecule has 2 unspecified atom stereocenters. The second kappa shape index (κ2) is 7.70. The number of ether oxygens (including phenoxy) is 2. The summed E-state index contributed by atoms with van der Waals surface area (Å²) in [6, 6.07) is 17.7. The van der Waals surface area contributed by atoms with E-state index in [2.05, 4.69) is 19.1 Å². The van der Waals surface area contributed by atoms with Crippen LogP contribution in [-0.2, 0) is 4.74 Å². The second-order valence-electron chi connectivity index (χ2n) is 5.14. The molecular weight excluding hydrogens is 262 g/mol. The molecule has 0 spiro atoms. The molecule has 0 aromatic heterocycles. The van der Waals surface area contributed by atoms with E-state index in [9.17, 15) is 0 Å². The summed E-state index contributed by atoms with van der Waals surface area (Å²) in [6.07, 6.45) is 1.05. The molecule has 0 saturated heterocycles. The van der Waals surface area contributed by atoms with Crippen molar-refractivity contribution in [3.05, 3.63) is 60.2 Å². The molecule has 21 heavy (non-hydrogen) atoms. The minimum Gasteiger partial charge on any atom is -0.488 e. The molecule has 2 rings (SSSR count). The number of nitrogens with two attached hydrogens (primary N) is 1. The van der Waals surface area contributed by atoms with E-state index in [4.69, 9.17) is 15.2 Å². The topological polar surface area (TPSA) is 44.5 Å². The lowest BCUT2D eigenvalue weighted by Gasteiger charge is -2.20. The Kier molecular flexibility index (Phi) is 5.64. The molecule has 0 fully saturated rings. The van der Waals surface area contributed by atoms with Crippen molar-refractivity contribution in [3.8, 4) is 5.75 Å². The summed E-state index contributed by atoms with van der Waals surface area (Å²) in [4.78, 5) is 0. The van der Waals surface area contributed by atoms with Gasteiger partial charge in [-0.2, -0.15) is 0 Å². The van der Waals surface area contributed by atoms with Gasteiger partial charge in [-0.1, -0.05) is 37.3 Å². The molecule has 2 atom stereocenters. The summed E-state index contributed by atoms with van der Waals surface area (Å²) in [5.41, 5.74) is 7.60. The molecule has 3 heteroatoms. The van der Waals surface area contributed by atoms with Gasteiger partial charge in [-0.25, -0.2) is 0 Å². The lowest BCUT2D eigenvalue weighted by Crippen LogP contribution is -2.20. The fourth-order valence-corrected chi connectivity index (χ4v) is 2.18. The third-order valence-corrected chi connectivity index (χ3v) is 3.29. The van der Waals surface area contributed by atoms with Gasteiger partial charge in [0, 0.05) is 5.69 Å². The van der Waals surface area contributed by atoms with E-state index in [1.807, 2.05) is 49.4 Å². The monoisotopic (exact) mass is 285 g/mol. The Labute approximate surface area is 126 Å². The molecule has 0 aliphatic rings. The van der Waals surface area contributed by atoms with Gasteiger partial charge in [-0.05, 0) is 43.2 Å². The lowest BCUT2D eigenvalue weighted by atomic mass is 10.1. The van der Waals surface area contributed by atoms with Crippen molar-refractivity contribution in [3.63, 3.8) is 0 Å². The highest BCUT2D eigenvalue weighted by molar-refractivity contribution is 5.41. The predicted octanol–water partition coefficient (Wildman–Crippen LogP) is 4.20. The van der Waals surface area contributed by atoms with Crippen molar-refractivity contribution in [2.24, 2.45) is 0 Å². The maximum absolute atomic E-state index is 5.99. The first kappa shape index (κ1) is 15.4. The van der Waals surface area contributed by atoms with E-state index in [0.717, 1.165) is 17.9 Å². The SMILES string of the molecule is CCC(OCC(C)Oc1ccc(N)cc1)c1ccccc1. The quantitative estimate of drug-likeness (QED) is 0.775. The number of hydrogen-bond acceptors (Lipinski definition) is 3. The van der Waals surface area contributed by atoms with Crippen LogP contribution in [0.1, 0.15) is 31.9 Å². The molecule has 0 radical (unpaired) electrons. The average molecular weight is 285 g/mol. The summed E-state index contributed by atoms with van der Waals surface area (Å²) in [5, 5.41) is 0. The van der Waals surface area contributed by atoms with Gasteiger partial charge in [-0.3, -0.25) is 0 Å². The van der Waals surface area contributed by atoms with Crippen molar-refractivity contribution in [1.82, 2.24) is 0 Å². The van der Waals surface area contributed by atoms with E-state index in [1.54, 1.807) is 0 Å². The molecule has 0 heterocycles. The maximum Gasteiger partial charge on any atom is 0.119 e. The molecule has 0 saturated carbocycles. The minimum atomic E-state index is -0.00798. The van der Waals surface area contributed by atoms with Crippen LogP contribution in [0.4, 0.5) is 5.69 Å². The molecule has 2 aromatic carbocycles. The Bertz CT molecular complexity index is 525. The molecule has 2 aromatic rings. The van der Waals surface area contributed by atoms with Gasteiger partial charge in [0.05, 0.1) is 12.7 Å². The summed E-state index contributed by atoms with van der Waals surface area (Å²) in [6.45, 7) is 4.69. The van der Waals surface area contributed by atoms with Gasteiger partial charge in [0.15, 0.2) is 0 Å². The summed E-state index contributed by atoms with van der Waals surface area (Å²) < 4.78 is 11.8. The van der Waals surface area contributed by atoms with Gasteiger partial charge < -0.3 is 15.2 Å². The highest BCUT2D eigenvalue weighted by atomic mass is 16.5. The zero-order chi connectivity index (χ0) is 15.1. The summed E-state index contributed by atoms with van der Waals surface area (Å²) in [7, 11) is 0. The molecule has 0 amide bonds. The van der Waals surface area contributed by atoms with Crippen LogP contribution in [0.25, 0.3) is 0 Å². The number of hydrogen-bond donors (Lipinski definition) is 1. The molecule has 0 bridgehead atoms. The number of benzene rings is 2. The zero-order valence-electron chi connectivity index (χ0n) is 12.7. The molecular formula is C18H23NO2. The third kappa shape index (κ3) is 4.80. The largest absolute Gasteiger partial charge is 0.488 e. The van der Waals surface area contributed by atoms with Crippen molar-refractivity contribution in [1.29, 1.82) is 0 Å².